The quantitative estimate of drug-likeness (QED) is 0.657. The van der Waals surface area contributed by atoms with Crippen molar-refractivity contribution in [3.63, 3.8) is 0 Å². The van der Waals surface area contributed by atoms with E-state index >= 15 is 0 Å². The van der Waals surface area contributed by atoms with E-state index in [4.69, 9.17) is 4.42 Å². The number of rotatable bonds is 5. The number of benzene rings is 1. The number of aromatic nitrogens is 2. The lowest BCUT2D eigenvalue weighted by atomic mass is 10.2. The van der Waals surface area contributed by atoms with Crippen molar-refractivity contribution < 1.29 is 8.81 Å². The monoisotopic (exact) mass is 361 g/mol. The van der Waals surface area contributed by atoms with Crippen molar-refractivity contribution in [1.29, 1.82) is 0 Å². The molecule has 0 aliphatic rings. The molecular formula is C12H13FIN3O. The molecule has 1 aromatic heterocycles. The lowest BCUT2D eigenvalue weighted by Crippen LogP contribution is -2.13. The standard InChI is InChI=1S/C12H13FIN3O/c1-2-5-15-7-11-16-17-12(18-11)9-4-3-8(13)6-10(9)14/h3-4,6,15H,2,5,7H2,1H3. The van der Waals surface area contributed by atoms with Crippen molar-refractivity contribution in [1.82, 2.24) is 15.5 Å². The molecule has 0 saturated carbocycles. The molecule has 0 atom stereocenters. The van der Waals surface area contributed by atoms with E-state index in [1.165, 1.54) is 12.1 Å². The van der Waals surface area contributed by atoms with Gasteiger partial charge in [-0.2, -0.15) is 0 Å². The summed E-state index contributed by atoms with van der Waals surface area (Å²) in [4.78, 5) is 0. The van der Waals surface area contributed by atoms with Crippen molar-refractivity contribution in [3.8, 4) is 11.5 Å². The molecule has 0 unspecified atom stereocenters. The zero-order valence-corrected chi connectivity index (χ0v) is 12.1. The molecule has 0 saturated heterocycles. The van der Waals surface area contributed by atoms with Gasteiger partial charge in [-0.25, -0.2) is 4.39 Å². The topological polar surface area (TPSA) is 51.0 Å². The van der Waals surface area contributed by atoms with Crippen molar-refractivity contribution in [2.45, 2.75) is 19.9 Å². The van der Waals surface area contributed by atoms with Crippen LogP contribution in [-0.2, 0) is 6.54 Å². The molecular weight excluding hydrogens is 348 g/mol. The van der Waals surface area contributed by atoms with Crippen molar-refractivity contribution in [3.05, 3.63) is 33.5 Å². The van der Waals surface area contributed by atoms with E-state index in [9.17, 15) is 4.39 Å². The van der Waals surface area contributed by atoms with Crippen LogP contribution < -0.4 is 5.32 Å². The molecule has 2 aromatic rings. The van der Waals surface area contributed by atoms with Crippen LogP contribution in [0, 0.1) is 9.39 Å². The Morgan fingerprint density at radius 1 is 1.39 bits per heavy atom. The van der Waals surface area contributed by atoms with Crippen LogP contribution >= 0.6 is 22.6 Å². The number of hydrogen-bond donors (Lipinski definition) is 1. The molecule has 1 heterocycles. The average Bonchev–Trinajstić information content (AvgIpc) is 2.78. The van der Waals surface area contributed by atoms with E-state index in [0.717, 1.165) is 22.1 Å². The maximum atomic E-state index is 13.0. The van der Waals surface area contributed by atoms with Gasteiger partial charge in [-0.15, -0.1) is 10.2 Å². The maximum absolute atomic E-state index is 13.0. The van der Waals surface area contributed by atoms with Gasteiger partial charge in [0.05, 0.1) is 12.1 Å². The first-order valence-corrected chi connectivity index (χ1v) is 6.77. The summed E-state index contributed by atoms with van der Waals surface area (Å²) in [6, 6.07) is 4.47. The molecule has 0 spiro atoms. The highest BCUT2D eigenvalue weighted by Gasteiger charge is 2.11. The van der Waals surface area contributed by atoms with Crippen LogP contribution in [0.5, 0.6) is 0 Å². The van der Waals surface area contributed by atoms with E-state index in [2.05, 4.69) is 45.0 Å². The molecule has 1 aromatic carbocycles. The van der Waals surface area contributed by atoms with Gasteiger partial charge in [0.1, 0.15) is 5.82 Å². The zero-order chi connectivity index (χ0) is 13.0. The summed E-state index contributed by atoms with van der Waals surface area (Å²) in [6.45, 7) is 3.55. The normalized spacial score (nSPS) is 10.8. The second-order valence-corrected chi connectivity index (χ2v) is 4.96. The van der Waals surface area contributed by atoms with Gasteiger partial charge in [-0.3, -0.25) is 0 Å². The first-order chi connectivity index (χ1) is 8.70. The summed E-state index contributed by atoms with van der Waals surface area (Å²) >= 11 is 2.05. The highest BCUT2D eigenvalue weighted by molar-refractivity contribution is 14.1. The molecule has 0 amide bonds. The molecule has 4 nitrogen and oxygen atoms in total. The van der Waals surface area contributed by atoms with E-state index in [1.54, 1.807) is 6.07 Å². The largest absolute Gasteiger partial charge is 0.419 e. The minimum atomic E-state index is -0.271. The van der Waals surface area contributed by atoms with Crippen LogP contribution in [-0.4, -0.2) is 16.7 Å². The van der Waals surface area contributed by atoms with Gasteiger partial charge in [0, 0.05) is 3.57 Å². The van der Waals surface area contributed by atoms with Gasteiger partial charge in [0.2, 0.25) is 11.8 Å². The lowest BCUT2D eigenvalue weighted by molar-refractivity contribution is 0.477. The van der Waals surface area contributed by atoms with Gasteiger partial charge >= 0.3 is 0 Å². The Kier molecular flexibility index (Phi) is 4.65. The smallest absolute Gasteiger partial charge is 0.248 e. The first-order valence-electron chi connectivity index (χ1n) is 5.69. The molecule has 0 bridgehead atoms. The average molecular weight is 361 g/mol. The Balaban J connectivity index is 2.13. The second kappa shape index (κ2) is 6.24. The second-order valence-electron chi connectivity index (χ2n) is 3.80. The molecule has 96 valence electrons. The van der Waals surface area contributed by atoms with Gasteiger partial charge in [-0.1, -0.05) is 6.92 Å². The fourth-order valence-electron chi connectivity index (χ4n) is 1.47. The predicted octanol–water partition coefficient (Wildman–Crippen LogP) is 2.98. The summed E-state index contributed by atoms with van der Waals surface area (Å²) < 4.78 is 19.3. The fourth-order valence-corrected chi connectivity index (χ4v) is 2.18. The Morgan fingerprint density at radius 2 is 2.22 bits per heavy atom. The Bertz CT molecular complexity index is 530. The van der Waals surface area contributed by atoms with E-state index in [-0.39, 0.29) is 5.82 Å². The van der Waals surface area contributed by atoms with Crippen LogP contribution in [0.2, 0.25) is 0 Å². The molecule has 6 heteroatoms. The lowest BCUT2D eigenvalue weighted by Gasteiger charge is -1.99. The summed E-state index contributed by atoms with van der Waals surface area (Å²) in [7, 11) is 0. The highest BCUT2D eigenvalue weighted by atomic mass is 127. The minimum Gasteiger partial charge on any atom is -0.419 e. The third-order valence-corrected chi connectivity index (χ3v) is 3.22. The molecule has 2 rings (SSSR count). The van der Waals surface area contributed by atoms with E-state index in [0.29, 0.717) is 18.3 Å². The maximum Gasteiger partial charge on any atom is 0.248 e. The van der Waals surface area contributed by atoms with Crippen LogP contribution in [0.4, 0.5) is 4.39 Å². The van der Waals surface area contributed by atoms with Gasteiger partial charge in [0.25, 0.3) is 0 Å². The van der Waals surface area contributed by atoms with E-state index < -0.39 is 0 Å². The van der Waals surface area contributed by atoms with E-state index in [1.807, 2.05) is 0 Å². The highest BCUT2D eigenvalue weighted by Crippen LogP contribution is 2.24. The van der Waals surface area contributed by atoms with Crippen LogP contribution in [0.1, 0.15) is 19.2 Å². The van der Waals surface area contributed by atoms with Crippen LogP contribution in [0.15, 0.2) is 22.6 Å². The Morgan fingerprint density at radius 3 is 2.94 bits per heavy atom. The molecule has 18 heavy (non-hydrogen) atoms. The number of nitrogens with zero attached hydrogens (tertiary/aromatic N) is 2. The zero-order valence-electron chi connectivity index (χ0n) is 9.91. The summed E-state index contributed by atoms with van der Waals surface area (Å²) in [6.07, 6.45) is 1.05. The first kappa shape index (κ1) is 13.4. The van der Waals surface area contributed by atoms with Crippen molar-refractivity contribution >= 4 is 22.6 Å². The molecule has 0 aliphatic carbocycles. The van der Waals surface area contributed by atoms with Crippen molar-refractivity contribution in [2.24, 2.45) is 0 Å². The Labute approximate surface area is 118 Å². The summed E-state index contributed by atoms with van der Waals surface area (Å²) in [5.74, 6) is 0.693. The number of nitrogens with one attached hydrogen (secondary N) is 1. The third kappa shape index (κ3) is 3.26. The number of hydrogen-bond acceptors (Lipinski definition) is 4. The molecule has 1 N–H and O–H groups in total. The molecule has 0 fully saturated rings. The van der Waals surface area contributed by atoms with Gasteiger partial charge in [-0.05, 0) is 53.8 Å². The van der Waals surface area contributed by atoms with Crippen LogP contribution in [0.3, 0.4) is 0 Å². The SMILES string of the molecule is CCCNCc1nnc(-c2ccc(F)cc2I)o1. The minimum absolute atomic E-state index is 0.271. The molecule has 0 radical (unpaired) electrons. The number of halogens is 2. The fraction of sp³-hybridized carbons (Fsp3) is 0.333. The van der Waals surface area contributed by atoms with Gasteiger partial charge in [0.15, 0.2) is 0 Å². The summed E-state index contributed by atoms with van der Waals surface area (Å²) in [5, 5.41) is 11.1. The van der Waals surface area contributed by atoms with Crippen molar-refractivity contribution in [2.75, 3.05) is 6.54 Å². The third-order valence-electron chi connectivity index (χ3n) is 2.33. The molecule has 0 aliphatic heterocycles. The summed E-state index contributed by atoms with van der Waals surface area (Å²) in [5.41, 5.74) is 0.756. The van der Waals surface area contributed by atoms with Gasteiger partial charge < -0.3 is 9.73 Å². The Hall–Kier alpha value is -1.02. The van der Waals surface area contributed by atoms with Crippen LogP contribution in [0.25, 0.3) is 11.5 Å². The predicted molar refractivity (Wildman–Crippen MR) is 74.4 cm³/mol.